The Morgan fingerprint density at radius 1 is 1.40 bits per heavy atom. The van der Waals surface area contributed by atoms with E-state index in [1.807, 2.05) is 27.7 Å². The molecule has 0 spiro atoms. The molecule has 0 bridgehead atoms. The fraction of sp³-hybridized carbons (Fsp3) is 1.00. The largest absolute Gasteiger partial charge is 0.324 e. The highest BCUT2D eigenvalue weighted by Crippen LogP contribution is 2.39. The number of hydrogen-bond donors (Lipinski definition) is 2. The number of rotatable bonds is 5. The summed E-state index contributed by atoms with van der Waals surface area (Å²) in [6, 6.07) is -0.169. The lowest BCUT2D eigenvalue weighted by Crippen LogP contribution is -2.55. The quantitative estimate of drug-likeness (QED) is 0.753. The molecule has 6 nitrogen and oxygen atoms in total. The Morgan fingerprint density at radius 2 is 1.95 bits per heavy atom. The molecule has 3 atom stereocenters. The summed E-state index contributed by atoms with van der Waals surface area (Å²) < 4.78 is 28.8. The standard InChI is InChI=1S/C13H28N4O2S/c1-5-17(11(3)13(15)6-7-13)20(18,19)16-8-10(2)12(4,14)9-16/h10-11H,5-9,14-15H2,1-4H3/t10-,11?,12-/m0/s1. The molecule has 1 aliphatic heterocycles. The Labute approximate surface area is 122 Å². The Morgan fingerprint density at radius 3 is 2.30 bits per heavy atom. The van der Waals surface area contributed by atoms with Gasteiger partial charge in [-0.3, -0.25) is 0 Å². The van der Waals surface area contributed by atoms with E-state index in [9.17, 15) is 8.42 Å². The van der Waals surface area contributed by atoms with E-state index in [4.69, 9.17) is 11.5 Å². The van der Waals surface area contributed by atoms with E-state index in [0.29, 0.717) is 19.6 Å². The average Bonchev–Trinajstić information content (AvgIpc) is 3.01. The fourth-order valence-corrected chi connectivity index (χ4v) is 5.01. The van der Waals surface area contributed by atoms with Crippen LogP contribution in [0.4, 0.5) is 0 Å². The van der Waals surface area contributed by atoms with Gasteiger partial charge in [-0.1, -0.05) is 13.8 Å². The molecule has 2 aliphatic rings. The van der Waals surface area contributed by atoms with Crippen molar-refractivity contribution in [3.05, 3.63) is 0 Å². The normalized spacial score (nSPS) is 35.5. The van der Waals surface area contributed by atoms with E-state index >= 15 is 0 Å². The van der Waals surface area contributed by atoms with Gasteiger partial charge in [0.05, 0.1) is 0 Å². The molecule has 20 heavy (non-hydrogen) atoms. The molecule has 118 valence electrons. The van der Waals surface area contributed by atoms with Crippen LogP contribution in [0.15, 0.2) is 0 Å². The molecule has 1 saturated heterocycles. The van der Waals surface area contributed by atoms with Crippen LogP contribution >= 0.6 is 0 Å². The summed E-state index contributed by atoms with van der Waals surface area (Å²) in [5.74, 6) is 0.152. The van der Waals surface area contributed by atoms with Gasteiger partial charge in [0.15, 0.2) is 0 Å². The summed E-state index contributed by atoms with van der Waals surface area (Å²) in [5.41, 5.74) is 11.6. The van der Waals surface area contributed by atoms with Gasteiger partial charge in [-0.2, -0.15) is 17.0 Å². The lowest BCUT2D eigenvalue weighted by molar-refractivity contribution is 0.272. The van der Waals surface area contributed by atoms with Crippen molar-refractivity contribution < 1.29 is 8.42 Å². The summed E-state index contributed by atoms with van der Waals surface area (Å²) in [6.07, 6.45) is 1.79. The van der Waals surface area contributed by atoms with Crippen LogP contribution < -0.4 is 11.5 Å². The topological polar surface area (TPSA) is 92.7 Å². The third-order valence-corrected chi connectivity index (χ3v) is 7.24. The smallest absolute Gasteiger partial charge is 0.282 e. The van der Waals surface area contributed by atoms with Gasteiger partial charge < -0.3 is 11.5 Å². The third-order valence-electron chi connectivity index (χ3n) is 5.15. The van der Waals surface area contributed by atoms with Crippen molar-refractivity contribution in [1.29, 1.82) is 0 Å². The first-order valence-electron chi connectivity index (χ1n) is 7.39. The predicted octanol–water partition coefficient (Wildman–Crippen LogP) is 0.102. The van der Waals surface area contributed by atoms with Crippen molar-refractivity contribution in [3.8, 4) is 0 Å². The molecule has 0 aromatic heterocycles. The summed E-state index contributed by atoms with van der Waals surface area (Å²) in [5, 5.41) is 0. The molecule has 1 heterocycles. The highest BCUT2D eigenvalue weighted by molar-refractivity contribution is 7.86. The third kappa shape index (κ3) is 2.62. The zero-order valence-electron chi connectivity index (χ0n) is 13.0. The zero-order chi connectivity index (χ0) is 15.3. The van der Waals surface area contributed by atoms with Crippen LogP contribution in [-0.4, -0.2) is 53.8 Å². The molecule has 7 heteroatoms. The lowest BCUT2D eigenvalue weighted by atomic mass is 9.92. The van der Waals surface area contributed by atoms with Crippen molar-refractivity contribution in [1.82, 2.24) is 8.61 Å². The molecule has 0 aromatic rings. The number of nitrogens with two attached hydrogens (primary N) is 2. The fourth-order valence-electron chi connectivity index (χ4n) is 2.92. The summed E-state index contributed by atoms with van der Waals surface area (Å²) in [4.78, 5) is 0. The highest BCUT2D eigenvalue weighted by atomic mass is 32.2. The van der Waals surface area contributed by atoms with Crippen molar-refractivity contribution in [3.63, 3.8) is 0 Å². The minimum Gasteiger partial charge on any atom is -0.324 e. The first kappa shape index (κ1) is 16.2. The van der Waals surface area contributed by atoms with E-state index in [-0.39, 0.29) is 17.5 Å². The van der Waals surface area contributed by atoms with Crippen LogP contribution in [0.1, 0.15) is 40.5 Å². The second kappa shape index (κ2) is 4.91. The molecular weight excluding hydrogens is 276 g/mol. The molecular formula is C13H28N4O2S. The first-order valence-corrected chi connectivity index (χ1v) is 8.79. The summed E-state index contributed by atoms with van der Waals surface area (Å²) in [7, 11) is -3.49. The molecule has 2 fully saturated rings. The Balaban J connectivity index is 2.21. The number of nitrogens with zero attached hydrogens (tertiary/aromatic N) is 2. The van der Waals surface area contributed by atoms with E-state index in [1.54, 1.807) is 0 Å². The van der Waals surface area contributed by atoms with E-state index in [2.05, 4.69) is 0 Å². The monoisotopic (exact) mass is 304 g/mol. The highest BCUT2D eigenvalue weighted by Gasteiger charge is 2.51. The molecule has 1 aliphatic carbocycles. The minimum absolute atomic E-state index is 0.152. The van der Waals surface area contributed by atoms with Crippen LogP contribution in [0, 0.1) is 5.92 Å². The first-order chi connectivity index (χ1) is 9.04. The van der Waals surface area contributed by atoms with Crippen LogP contribution in [-0.2, 0) is 10.2 Å². The van der Waals surface area contributed by atoms with Gasteiger partial charge in [0.25, 0.3) is 10.2 Å². The van der Waals surface area contributed by atoms with Crippen LogP contribution in [0.25, 0.3) is 0 Å². The van der Waals surface area contributed by atoms with Gasteiger partial charge in [0.1, 0.15) is 0 Å². The van der Waals surface area contributed by atoms with Gasteiger partial charge in [0, 0.05) is 36.8 Å². The van der Waals surface area contributed by atoms with Gasteiger partial charge >= 0.3 is 0 Å². The van der Waals surface area contributed by atoms with Gasteiger partial charge in [0.2, 0.25) is 0 Å². The second-order valence-corrected chi connectivity index (χ2v) is 8.70. The van der Waals surface area contributed by atoms with Gasteiger partial charge in [-0.05, 0) is 32.6 Å². The maximum absolute atomic E-state index is 12.9. The van der Waals surface area contributed by atoms with Crippen molar-refractivity contribution in [2.75, 3.05) is 19.6 Å². The molecule has 4 N–H and O–H groups in total. The van der Waals surface area contributed by atoms with E-state index in [1.165, 1.54) is 8.61 Å². The lowest BCUT2D eigenvalue weighted by Gasteiger charge is -2.34. The number of hydrogen-bond acceptors (Lipinski definition) is 4. The Kier molecular flexibility index (Phi) is 3.97. The van der Waals surface area contributed by atoms with Crippen LogP contribution in [0.5, 0.6) is 0 Å². The molecule has 0 radical (unpaired) electrons. The summed E-state index contributed by atoms with van der Waals surface area (Å²) >= 11 is 0. The molecule has 1 saturated carbocycles. The Hall–Kier alpha value is -0.210. The van der Waals surface area contributed by atoms with Crippen molar-refractivity contribution >= 4 is 10.2 Å². The molecule has 0 amide bonds. The maximum atomic E-state index is 12.9. The van der Waals surface area contributed by atoms with Gasteiger partial charge in [-0.25, -0.2) is 0 Å². The van der Waals surface area contributed by atoms with Crippen LogP contribution in [0.2, 0.25) is 0 Å². The molecule has 0 aromatic carbocycles. The second-order valence-electron chi connectivity index (χ2n) is 6.82. The van der Waals surface area contributed by atoms with E-state index in [0.717, 1.165) is 12.8 Å². The predicted molar refractivity (Wildman–Crippen MR) is 80.2 cm³/mol. The summed E-state index contributed by atoms with van der Waals surface area (Å²) in [6.45, 7) is 8.98. The van der Waals surface area contributed by atoms with Gasteiger partial charge in [-0.15, -0.1) is 0 Å². The van der Waals surface area contributed by atoms with E-state index < -0.39 is 15.7 Å². The van der Waals surface area contributed by atoms with Crippen molar-refractivity contribution in [2.24, 2.45) is 17.4 Å². The average molecular weight is 304 g/mol. The minimum atomic E-state index is -3.49. The Bertz CT molecular complexity index is 473. The SMILES string of the molecule is CCN(C(C)C1(N)CC1)S(=O)(=O)N1C[C@H](C)[C@@](C)(N)C1. The van der Waals surface area contributed by atoms with Crippen molar-refractivity contribution in [2.45, 2.75) is 57.7 Å². The maximum Gasteiger partial charge on any atom is 0.282 e. The van der Waals surface area contributed by atoms with Crippen LogP contribution in [0.3, 0.4) is 0 Å². The molecule has 2 rings (SSSR count). The molecule has 1 unspecified atom stereocenters. The number of likely N-dealkylation sites (N-methyl/N-ethyl adjacent to an activating group) is 1. The zero-order valence-corrected chi connectivity index (χ0v) is 13.8.